The minimum Gasteiger partial charge on any atom is -0.415 e. The molecule has 4 aliphatic rings. The summed E-state index contributed by atoms with van der Waals surface area (Å²) in [5.74, 6) is 5.94. The zero-order chi connectivity index (χ0) is 27.4. The molecule has 0 spiro atoms. The number of hydrogen-bond donors (Lipinski definition) is 0. The van der Waals surface area contributed by atoms with E-state index < -0.39 is 16.6 Å². The van der Waals surface area contributed by atoms with Crippen molar-refractivity contribution in [2.45, 2.75) is 157 Å². The van der Waals surface area contributed by atoms with Crippen LogP contribution in [0.25, 0.3) is 0 Å². The smallest absolute Gasteiger partial charge is 0.184 e. The summed E-state index contributed by atoms with van der Waals surface area (Å²) in [6.07, 6.45) is 16.3. The van der Waals surface area contributed by atoms with E-state index in [1.807, 2.05) is 0 Å². The maximum atomic E-state index is 7.23. The van der Waals surface area contributed by atoms with Crippen molar-refractivity contribution in [1.29, 1.82) is 0 Å². The second kappa shape index (κ2) is 11.0. The Morgan fingerprint density at radius 3 is 1.97 bits per heavy atom. The average molecular weight is 549 g/mol. The van der Waals surface area contributed by atoms with Gasteiger partial charge in [0, 0.05) is 12.2 Å². The van der Waals surface area contributed by atoms with Gasteiger partial charge in [-0.15, -0.1) is 0 Å². The molecule has 0 aliphatic heterocycles. The lowest BCUT2D eigenvalue weighted by Gasteiger charge is -2.64. The average Bonchev–Trinajstić information content (AvgIpc) is 3.09. The molecular formula is C33H64O2Si2. The quantitative estimate of drug-likeness (QED) is 0.267. The summed E-state index contributed by atoms with van der Waals surface area (Å²) >= 11 is 0. The molecule has 0 heterocycles. The topological polar surface area (TPSA) is 18.5 Å². The molecule has 0 aromatic carbocycles. The van der Waals surface area contributed by atoms with Crippen LogP contribution in [0.15, 0.2) is 0 Å². The van der Waals surface area contributed by atoms with E-state index in [9.17, 15) is 0 Å². The molecule has 216 valence electrons. The van der Waals surface area contributed by atoms with E-state index in [1.165, 1.54) is 70.6 Å². The third-order valence-electron chi connectivity index (χ3n) is 11.8. The number of hydrogen-bond acceptors (Lipinski definition) is 2. The Hall–Kier alpha value is 0.354. The Labute approximate surface area is 234 Å². The van der Waals surface area contributed by atoms with Gasteiger partial charge in [0.1, 0.15) is 0 Å². The van der Waals surface area contributed by atoms with Crippen LogP contribution in [0.1, 0.15) is 105 Å². The van der Waals surface area contributed by atoms with Gasteiger partial charge in [-0.25, -0.2) is 0 Å². The van der Waals surface area contributed by atoms with Crippen molar-refractivity contribution in [1.82, 2.24) is 0 Å². The van der Waals surface area contributed by atoms with Gasteiger partial charge in [-0.1, -0.05) is 53.9 Å². The summed E-state index contributed by atoms with van der Waals surface area (Å²) in [6.45, 7) is 27.3. The molecule has 0 aromatic rings. The van der Waals surface area contributed by atoms with E-state index in [1.54, 1.807) is 0 Å². The first-order chi connectivity index (χ1) is 17.0. The maximum absolute atomic E-state index is 7.23. The summed E-state index contributed by atoms with van der Waals surface area (Å²) in [4.78, 5) is 0. The SMILES string of the molecule is CC(C)CCCC(C)C1CCC2C3C(CC[C@]12C)[C@@]1(C)CC[C@@H](O[Si](C)(C)C)CC1C[C@@H]3O[Si](C)(C)C. The van der Waals surface area contributed by atoms with Gasteiger partial charge in [-0.2, -0.15) is 0 Å². The van der Waals surface area contributed by atoms with E-state index in [2.05, 4.69) is 73.9 Å². The summed E-state index contributed by atoms with van der Waals surface area (Å²) in [6, 6.07) is 0. The van der Waals surface area contributed by atoms with E-state index in [0.717, 1.165) is 41.4 Å². The first-order valence-corrected chi connectivity index (χ1v) is 23.2. The second-order valence-electron chi connectivity index (χ2n) is 17.2. The molecule has 4 saturated carbocycles. The Kier molecular flexibility index (Phi) is 8.99. The van der Waals surface area contributed by atoms with Crippen molar-refractivity contribution >= 4 is 16.6 Å². The predicted octanol–water partition coefficient (Wildman–Crippen LogP) is 10.2. The maximum Gasteiger partial charge on any atom is 0.184 e. The van der Waals surface area contributed by atoms with Gasteiger partial charge in [0.15, 0.2) is 16.6 Å². The van der Waals surface area contributed by atoms with Crippen molar-refractivity contribution in [3.05, 3.63) is 0 Å². The molecule has 4 aliphatic carbocycles. The molecule has 0 radical (unpaired) electrons. The molecule has 4 rings (SSSR count). The van der Waals surface area contributed by atoms with Gasteiger partial charge in [0.2, 0.25) is 0 Å². The van der Waals surface area contributed by atoms with Crippen LogP contribution in [0.3, 0.4) is 0 Å². The fourth-order valence-electron chi connectivity index (χ4n) is 10.4. The van der Waals surface area contributed by atoms with Gasteiger partial charge < -0.3 is 8.85 Å². The minimum absolute atomic E-state index is 0.486. The van der Waals surface area contributed by atoms with E-state index >= 15 is 0 Å². The van der Waals surface area contributed by atoms with Gasteiger partial charge in [-0.05, 0) is 143 Å². The monoisotopic (exact) mass is 548 g/mol. The highest BCUT2D eigenvalue weighted by Gasteiger charge is 2.63. The van der Waals surface area contributed by atoms with Crippen LogP contribution in [0.5, 0.6) is 0 Å². The van der Waals surface area contributed by atoms with Crippen LogP contribution in [-0.4, -0.2) is 28.8 Å². The zero-order valence-electron chi connectivity index (χ0n) is 26.8. The number of fused-ring (bicyclic) bond motifs is 5. The first kappa shape index (κ1) is 30.3. The normalized spacial score (nSPS) is 43.3. The zero-order valence-corrected chi connectivity index (χ0v) is 28.8. The Morgan fingerprint density at radius 2 is 1.35 bits per heavy atom. The van der Waals surface area contributed by atoms with Crippen LogP contribution in [0.2, 0.25) is 39.3 Å². The lowest BCUT2D eigenvalue weighted by Crippen LogP contribution is -2.60. The molecule has 37 heavy (non-hydrogen) atoms. The van der Waals surface area contributed by atoms with Crippen molar-refractivity contribution < 1.29 is 8.85 Å². The molecule has 0 bridgehead atoms. The molecule has 10 atom stereocenters. The van der Waals surface area contributed by atoms with E-state index in [0.29, 0.717) is 23.0 Å². The van der Waals surface area contributed by atoms with E-state index in [4.69, 9.17) is 8.85 Å². The van der Waals surface area contributed by atoms with Crippen LogP contribution < -0.4 is 0 Å². The second-order valence-corrected chi connectivity index (χ2v) is 26.1. The van der Waals surface area contributed by atoms with Crippen molar-refractivity contribution in [3.63, 3.8) is 0 Å². The van der Waals surface area contributed by atoms with E-state index in [-0.39, 0.29) is 0 Å². The Bertz CT molecular complexity index is 769. The first-order valence-electron chi connectivity index (χ1n) is 16.4. The highest BCUT2D eigenvalue weighted by molar-refractivity contribution is 6.70. The molecule has 2 nitrogen and oxygen atoms in total. The molecule has 4 fully saturated rings. The third-order valence-corrected chi connectivity index (χ3v) is 13.9. The van der Waals surface area contributed by atoms with Gasteiger partial charge >= 0.3 is 0 Å². The molecule has 0 amide bonds. The van der Waals surface area contributed by atoms with Crippen molar-refractivity contribution in [2.24, 2.45) is 52.3 Å². The third kappa shape index (κ3) is 6.48. The minimum atomic E-state index is -1.62. The Balaban J connectivity index is 1.57. The van der Waals surface area contributed by atoms with Crippen molar-refractivity contribution in [2.75, 3.05) is 0 Å². The Morgan fingerprint density at radius 1 is 0.730 bits per heavy atom. The highest BCUT2D eigenvalue weighted by atomic mass is 28.4. The van der Waals surface area contributed by atoms with Crippen LogP contribution in [0, 0.1) is 52.3 Å². The molecule has 0 N–H and O–H groups in total. The molecule has 6 unspecified atom stereocenters. The van der Waals surface area contributed by atoms with Gasteiger partial charge in [0.05, 0.1) is 0 Å². The summed E-state index contributed by atoms with van der Waals surface area (Å²) < 4.78 is 13.9. The largest absolute Gasteiger partial charge is 0.415 e. The molecule has 4 heteroatoms. The van der Waals surface area contributed by atoms with Crippen LogP contribution in [0.4, 0.5) is 0 Å². The lowest BCUT2D eigenvalue weighted by molar-refractivity contribution is -0.168. The summed E-state index contributed by atoms with van der Waals surface area (Å²) in [7, 11) is -3.12. The van der Waals surface area contributed by atoms with Gasteiger partial charge in [0.25, 0.3) is 0 Å². The standard InChI is InChI=1S/C33H64O2Si2/c1-23(2)13-12-14-24(3)27-15-16-28-31-29(18-20-33(27,28)5)32(4)19-17-26(34-36(6,7)8)21-25(32)22-30(31)35-37(9,10)11/h23-31H,12-22H2,1-11H3/t24?,25?,26-,27?,28?,29?,30+,31?,32+,33-/m1/s1. The fourth-order valence-corrected chi connectivity index (χ4v) is 12.7. The lowest BCUT2D eigenvalue weighted by atomic mass is 9.43. The van der Waals surface area contributed by atoms with Crippen LogP contribution in [-0.2, 0) is 8.85 Å². The van der Waals surface area contributed by atoms with Crippen LogP contribution >= 0.6 is 0 Å². The molecular weight excluding hydrogens is 485 g/mol. The predicted molar refractivity (Wildman–Crippen MR) is 165 cm³/mol. The molecule has 0 saturated heterocycles. The fraction of sp³-hybridized carbons (Fsp3) is 1.00. The molecule has 0 aromatic heterocycles. The van der Waals surface area contributed by atoms with Gasteiger partial charge in [-0.3, -0.25) is 0 Å². The number of rotatable bonds is 9. The van der Waals surface area contributed by atoms with Crippen molar-refractivity contribution in [3.8, 4) is 0 Å². The summed E-state index contributed by atoms with van der Waals surface area (Å²) in [5.41, 5.74) is 1.02. The summed E-state index contributed by atoms with van der Waals surface area (Å²) in [5, 5.41) is 0. The highest BCUT2D eigenvalue weighted by Crippen LogP contribution is 2.69.